The molecule has 0 saturated heterocycles. The second-order valence-electron chi connectivity index (χ2n) is 6.73. The molecule has 0 aliphatic carbocycles. The lowest BCUT2D eigenvalue weighted by atomic mass is 10.1. The molecule has 0 unspecified atom stereocenters. The lowest BCUT2D eigenvalue weighted by Gasteiger charge is -2.19. The van der Waals surface area contributed by atoms with Crippen LogP contribution in [-0.2, 0) is 4.74 Å². The van der Waals surface area contributed by atoms with Crippen LogP contribution in [0.4, 0.5) is 4.79 Å². The topological polar surface area (TPSA) is 100 Å². The summed E-state index contributed by atoms with van der Waals surface area (Å²) in [6.45, 7) is 7.37. The molecule has 25 heavy (non-hydrogen) atoms. The molecule has 1 heterocycles. The first-order valence-corrected chi connectivity index (χ1v) is 8.04. The van der Waals surface area contributed by atoms with Crippen molar-refractivity contribution in [2.45, 2.75) is 33.3 Å². The van der Waals surface area contributed by atoms with Crippen molar-refractivity contribution in [3.05, 3.63) is 35.5 Å². The highest BCUT2D eigenvalue weighted by atomic mass is 16.6. The third-order valence-corrected chi connectivity index (χ3v) is 3.34. The lowest BCUT2D eigenvalue weighted by molar-refractivity contribution is 0.0526. The largest absolute Gasteiger partial charge is 0.444 e. The fourth-order valence-corrected chi connectivity index (χ4v) is 2.22. The molecule has 1 aromatic carbocycles. The van der Waals surface area contributed by atoms with Gasteiger partial charge in [0, 0.05) is 36.5 Å². The van der Waals surface area contributed by atoms with Gasteiger partial charge >= 0.3 is 6.09 Å². The van der Waals surface area contributed by atoms with Gasteiger partial charge < -0.3 is 20.4 Å². The van der Waals surface area contributed by atoms with Crippen LogP contribution in [0.15, 0.2) is 24.3 Å². The van der Waals surface area contributed by atoms with E-state index in [0.29, 0.717) is 11.3 Å². The Labute approximate surface area is 146 Å². The molecule has 7 heteroatoms. The molecule has 134 valence electrons. The highest BCUT2D eigenvalue weighted by molar-refractivity contribution is 6.01. The molecular weight excluding hydrogens is 322 g/mol. The molecule has 2 amide bonds. The van der Waals surface area contributed by atoms with Crippen molar-refractivity contribution in [1.29, 1.82) is 0 Å². The zero-order chi connectivity index (χ0) is 18.6. The first kappa shape index (κ1) is 18.5. The highest BCUT2D eigenvalue weighted by Gasteiger charge is 2.15. The van der Waals surface area contributed by atoms with Crippen molar-refractivity contribution in [3.63, 3.8) is 0 Å². The van der Waals surface area contributed by atoms with Crippen LogP contribution in [0.3, 0.4) is 0 Å². The minimum Gasteiger partial charge on any atom is -0.444 e. The number of H-pyrrole nitrogens is 1. The summed E-state index contributed by atoms with van der Waals surface area (Å²) < 4.78 is 5.11. The third-order valence-electron chi connectivity index (χ3n) is 3.34. The van der Waals surface area contributed by atoms with E-state index in [1.165, 1.54) is 6.92 Å². The summed E-state index contributed by atoms with van der Waals surface area (Å²) in [5, 5.41) is 6.09. The van der Waals surface area contributed by atoms with Crippen LogP contribution < -0.4 is 10.6 Å². The summed E-state index contributed by atoms with van der Waals surface area (Å²) in [5.74, 6) is -0.311. The number of carbonyl (C=O) groups excluding carboxylic acids is 3. The lowest BCUT2D eigenvalue weighted by Crippen LogP contribution is -2.37. The molecule has 1 aromatic heterocycles. The second-order valence-corrected chi connectivity index (χ2v) is 6.73. The molecule has 3 N–H and O–H groups in total. The number of aromatic amines is 1. The monoisotopic (exact) mass is 345 g/mol. The predicted molar refractivity (Wildman–Crippen MR) is 94.9 cm³/mol. The summed E-state index contributed by atoms with van der Waals surface area (Å²) in [6.07, 6.45) is -0.521. The number of hydrogen-bond acceptors (Lipinski definition) is 4. The summed E-state index contributed by atoms with van der Waals surface area (Å²) in [5.41, 5.74) is 1.24. The van der Waals surface area contributed by atoms with Crippen molar-refractivity contribution >= 4 is 28.7 Å². The van der Waals surface area contributed by atoms with Gasteiger partial charge in [0.25, 0.3) is 5.91 Å². The molecule has 0 atom stereocenters. The number of ether oxygens (including phenoxy) is 1. The number of benzene rings is 1. The maximum absolute atomic E-state index is 12.2. The number of rotatable bonds is 5. The maximum Gasteiger partial charge on any atom is 0.407 e. The Balaban J connectivity index is 1.87. The van der Waals surface area contributed by atoms with Crippen LogP contribution in [0.2, 0.25) is 0 Å². The molecular formula is C18H23N3O4. The SMILES string of the molecule is CC(=O)c1cc2cc(C(=O)NCCNC(=O)OC(C)(C)C)ccc2[nH]1. The van der Waals surface area contributed by atoms with Crippen molar-refractivity contribution in [3.8, 4) is 0 Å². The van der Waals surface area contributed by atoms with E-state index >= 15 is 0 Å². The number of fused-ring (bicyclic) bond motifs is 1. The Bertz CT molecular complexity index is 802. The Hall–Kier alpha value is -2.83. The average Bonchev–Trinajstić information content (AvgIpc) is 2.93. The first-order chi connectivity index (χ1) is 11.7. The third kappa shape index (κ3) is 5.34. The molecule has 0 saturated carbocycles. The van der Waals surface area contributed by atoms with Gasteiger partial charge in [-0.3, -0.25) is 9.59 Å². The zero-order valence-corrected chi connectivity index (χ0v) is 14.9. The predicted octanol–water partition coefficient (Wildman–Crippen LogP) is 2.63. The summed E-state index contributed by atoms with van der Waals surface area (Å²) >= 11 is 0. The van der Waals surface area contributed by atoms with Gasteiger partial charge in [-0.2, -0.15) is 0 Å². The molecule has 2 aromatic rings. The Kier molecular flexibility index (Phi) is 5.46. The Morgan fingerprint density at radius 2 is 1.76 bits per heavy atom. The molecule has 7 nitrogen and oxygen atoms in total. The fourth-order valence-electron chi connectivity index (χ4n) is 2.22. The van der Waals surface area contributed by atoms with E-state index in [-0.39, 0.29) is 24.8 Å². The van der Waals surface area contributed by atoms with E-state index in [0.717, 1.165) is 10.9 Å². The fraction of sp³-hybridized carbons (Fsp3) is 0.389. The number of ketones is 1. The molecule has 0 fully saturated rings. The number of Topliss-reactive ketones (excluding diaryl/α,β-unsaturated/α-hetero) is 1. The van der Waals surface area contributed by atoms with E-state index in [4.69, 9.17) is 4.74 Å². The van der Waals surface area contributed by atoms with Gasteiger partial charge in [0.2, 0.25) is 0 Å². The number of aromatic nitrogens is 1. The average molecular weight is 345 g/mol. The van der Waals surface area contributed by atoms with Crippen LogP contribution in [0.1, 0.15) is 48.5 Å². The molecule has 2 rings (SSSR count). The number of hydrogen-bond donors (Lipinski definition) is 3. The highest BCUT2D eigenvalue weighted by Crippen LogP contribution is 2.17. The number of amides is 2. The molecule has 0 bridgehead atoms. The van der Waals surface area contributed by atoms with E-state index in [2.05, 4.69) is 15.6 Å². The van der Waals surface area contributed by atoms with Gasteiger partial charge in [-0.25, -0.2) is 4.79 Å². The van der Waals surface area contributed by atoms with Gasteiger partial charge in [-0.15, -0.1) is 0 Å². The number of alkyl carbamates (subject to hydrolysis) is 1. The number of carbonyl (C=O) groups is 3. The normalized spacial score (nSPS) is 11.2. The van der Waals surface area contributed by atoms with Crippen molar-refractivity contribution in [2.75, 3.05) is 13.1 Å². The molecule has 0 aliphatic heterocycles. The smallest absolute Gasteiger partial charge is 0.407 e. The minimum atomic E-state index is -0.558. The second kappa shape index (κ2) is 7.38. The Morgan fingerprint density at radius 1 is 1.08 bits per heavy atom. The summed E-state index contributed by atoms with van der Waals surface area (Å²) in [7, 11) is 0. The van der Waals surface area contributed by atoms with Crippen LogP contribution in [0.25, 0.3) is 10.9 Å². The Morgan fingerprint density at radius 3 is 2.40 bits per heavy atom. The van der Waals surface area contributed by atoms with Crippen molar-refractivity contribution in [1.82, 2.24) is 15.6 Å². The van der Waals surface area contributed by atoms with Crippen LogP contribution in [0.5, 0.6) is 0 Å². The van der Waals surface area contributed by atoms with Crippen LogP contribution >= 0.6 is 0 Å². The van der Waals surface area contributed by atoms with Crippen molar-refractivity contribution in [2.24, 2.45) is 0 Å². The quantitative estimate of drug-likeness (QED) is 0.573. The van der Waals surface area contributed by atoms with Gasteiger partial charge in [0.05, 0.1) is 5.69 Å². The van der Waals surface area contributed by atoms with E-state index < -0.39 is 11.7 Å². The molecule has 0 radical (unpaired) electrons. The number of nitrogens with one attached hydrogen (secondary N) is 3. The van der Waals surface area contributed by atoms with E-state index in [9.17, 15) is 14.4 Å². The van der Waals surface area contributed by atoms with Crippen LogP contribution in [-0.4, -0.2) is 41.5 Å². The van der Waals surface area contributed by atoms with Crippen LogP contribution in [0, 0.1) is 0 Å². The zero-order valence-electron chi connectivity index (χ0n) is 14.9. The van der Waals surface area contributed by atoms with Gasteiger partial charge in [0.15, 0.2) is 5.78 Å². The summed E-state index contributed by atoms with van der Waals surface area (Å²) in [4.78, 5) is 38.1. The van der Waals surface area contributed by atoms with Gasteiger partial charge in [0.1, 0.15) is 5.60 Å². The first-order valence-electron chi connectivity index (χ1n) is 8.04. The van der Waals surface area contributed by atoms with Gasteiger partial charge in [-0.1, -0.05) is 0 Å². The minimum absolute atomic E-state index is 0.0598. The van der Waals surface area contributed by atoms with E-state index in [1.807, 2.05) is 0 Å². The van der Waals surface area contributed by atoms with Gasteiger partial charge in [-0.05, 0) is 45.0 Å². The summed E-state index contributed by atoms with van der Waals surface area (Å²) in [6, 6.07) is 6.88. The van der Waals surface area contributed by atoms with E-state index in [1.54, 1.807) is 45.0 Å². The maximum atomic E-state index is 12.2. The standard InChI is InChI=1S/C18H23N3O4/c1-11(22)15-10-13-9-12(5-6-14(13)21-15)16(23)19-7-8-20-17(24)25-18(2,3)4/h5-6,9-10,21H,7-8H2,1-4H3,(H,19,23)(H,20,24). The van der Waals surface area contributed by atoms with Crippen molar-refractivity contribution < 1.29 is 19.1 Å². The molecule has 0 aliphatic rings. The molecule has 0 spiro atoms.